The van der Waals surface area contributed by atoms with E-state index in [9.17, 15) is 4.79 Å². The summed E-state index contributed by atoms with van der Waals surface area (Å²) in [7, 11) is 1.68. The smallest absolute Gasteiger partial charge is 0.293 e. The quantitative estimate of drug-likeness (QED) is 0.558. The van der Waals surface area contributed by atoms with Crippen LogP contribution < -0.4 is 5.32 Å². The van der Waals surface area contributed by atoms with E-state index in [4.69, 9.17) is 9.47 Å². The molecular weight excluding hydrogens is 226 g/mol. The summed E-state index contributed by atoms with van der Waals surface area (Å²) in [4.78, 5) is 11.3. The van der Waals surface area contributed by atoms with Crippen LogP contribution in [-0.2, 0) is 20.9 Å². The summed E-state index contributed by atoms with van der Waals surface area (Å²) in [5.41, 5.74) is 1.06. The Morgan fingerprint density at radius 2 is 2.44 bits per heavy atom. The third kappa shape index (κ3) is 3.92. The monoisotopic (exact) mass is 243 g/mol. The van der Waals surface area contributed by atoms with Gasteiger partial charge in [-0.05, 0) is 18.4 Å². The third-order valence-corrected chi connectivity index (χ3v) is 3.38. The zero-order valence-corrected chi connectivity index (χ0v) is 10.4. The molecule has 0 aliphatic carbocycles. The number of hydrogen-bond acceptors (Lipinski definition) is 5. The van der Waals surface area contributed by atoms with Crippen LogP contribution in [0.2, 0.25) is 0 Å². The number of methoxy groups -OCH3 is 1. The molecule has 1 N–H and O–H groups in total. The highest BCUT2D eigenvalue weighted by Gasteiger charge is 2.11. The lowest BCUT2D eigenvalue weighted by Crippen LogP contribution is -2.22. The van der Waals surface area contributed by atoms with E-state index in [2.05, 4.69) is 12.2 Å². The topological polar surface area (TPSA) is 47.6 Å². The van der Waals surface area contributed by atoms with E-state index >= 15 is 0 Å². The van der Waals surface area contributed by atoms with Gasteiger partial charge in [0, 0.05) is 30.1 Å². The molecule has 0 saturated carbocycles. The number of rotatable bonds is 8. The molecule has 0 aliphatic heterocycles. The van der Waals surface area contributed by atoms with Crippen molar-refractivity contribution in [3.8, 4) is 0 Å². The summed E-state index contributed by atoms with van der Waals surface area (Å²) < 4.78 is 9.74. The maximum absolute atomic E-state index is 10.1. The summed E-state index contributed by atoms with van der Waals surface area (Å²) in [6.45, 7) is 4.41. The molecule has 90 valence electrons. The van der Waals surface area contributed by atoms with Gasteiger partial charge >= 0.3 is 0 Å². The first-order valence-corrected chi connectivity index (χ1v) is 6.01. The highest BCUT2D eigenvalue weighted by molar-refractivity contribution is 7.10. The first-order valence-electron chi connectivity index (χ1n) is 5.13. The van der Waals surface area contributed by atoms with Gasteiger partial charge in [0.25, 0.3) is 6.47 Å². The molecular formula is C11H17NO3S. The lowest BCUT2D eigenvalue weighted by molar-refractivity contribution is -0.129. The molecule has 0 fully saturated rings. The summed E-state index contributed by atoms with van der Waals surface area (Å²) in [6.07, 6.45) is 0. The van der Waals surface area contributed by atoms with Gasteiger partial charge in [0.15, 0.2) is 0 Å². The maximum Gasteiger partial charge on any atom is 0.293 e. The molecule has 0 bridgehead atoms. The Hall–Kier alpha value is -0.910. The minimum Gasteiger partial charge on any atom is -0.463 e. The van der Waals surface area contributed by atoms with Gasteiger partial charge < -0.3 is 14.8 Å². The lowest BCUT2D eigenvalue weighted by Gasteiger charge is -2.13. The molecule has 0 aromatic carbocycles. The van der Waals surface area contributed by atoms with E-state index in [-0.39, 0.29) is 6.04 Å². The van der Waals surface area contributed by atoms with Gasteiger partial charge in [0.2, 0.25) is 0 Å². The second-order valence-corrected chi connectivity index (χ2v) is 4.33. The van der Waals surface area contributed by atoms with E-state index in [0.717, 1.165) is 12.1 Å². The highest BCUT2D eigenvalue weighted by Crippen LogP contribution is 2.24. The first kappa shape index (κ1) is 13.2. The largest absolute Gasteiger partial charge is 0.463 e. The van der Waals surface area contributed by atoms with E-state index in [1.165, 1.54) is 4.88 Å². The molecule has 1 aromatic rings. The standard InChI is InChI=1S/C11H17NO3S/c1-9(12-4-5-14-2)11-10(3-6-16-11)7-15-8-13/h3,6,8-9,12H,4-5,7H2,1-2H3. The number of carbonyl (C=O) groups is 1. The molecule has 1 rings (SSSR count). The Morgan fingerprint density at radius 3 is 3.12 bits per heavy atom. The Labute approximate surface area is 99.6 Å². The minimum absolute atomic E-state index is 0.250. The van der Waals surface area contributed by atoms with Crippen molar-refractivity contribution in [2.24, 2.45) is 0 Å². The fraction of sp³-hybridized carbons (Fsp3) is 0.545. The molecule has 1 unspecified atom stereocenters. The van der Waals surface area contributed by atoms with Crippen molar-refractivity contribution in [2.45, 2.75) is 19.6 Å². The van der Waals surface area contributed by atoms with Gasteiger partial charge in [-0.15, -0.1) is 11.3 Å². The van der Waals surface area contributed by atoms with Gasteiger partial charge in [0.1, 0.15) is 6.61 Å². The number of hydrogen-bond donors (Lipinski definition) is 1. The fourth-order valence-corrected chi connectivity index (χ4v) is 2.39. The summed E-state index contributed by atoms with van der Waals surface area (Å²) in [5.74, 6) is 0. The van der Waals surface area contributed by atoms with Crippen LogP contribution >= 0.6 is 11.3 Å². The predicted octanol–water partition coefficient (Wildman–Crippen LogP) is 1.72. The van der Waals surface area contributed by atoms with Crippen LogP contribution in [0, 0.1) is 0 Å². The number of carbonyl (C=O) groups excluding carboxylic acids is 1. The van der Waals surface area contributed by atoms with Gasteiger partial charge in [-0.1, -0.05) is 0 Å². The van der Waals surface area contributed by atoms with Gasteiger partial charge in [-0.3, -0.25) is 4.79 Å². The second-order valence-electron chi connectivity index (χ2n) is 3.39. The van der Waals surface area contributed by atoms with Crippen LogP contribution in [-0.4, -0.2) is 26.7 Å². The minimum atomic E-state index is 0.250. The molecule has 1 heterocycles. The van der Waals surface area contributed by atoms with Crippen LogP contribution in [0.3, 0.4) is 0 Å². The average molecular weight is 243 g/mol. The lowest BCUT2D eigenvalue weighted by atomic mass is 10.2. The van der Waals surface area contributed by atoms with Crippen molar-refractivity contribution in [2.75, 3.05) is 20.3 Å². The number of thiophene rings is 1. The molecule has 0 aliphatic rings. The van der Waals surface area contributed by atoms with Crippen LogP contribution in [0.25, 0.3) is 0 Å². The first-order chi connectivity index (χ1) is 7.79. The van der Waals surface area contributed by atoms with Crippen LogP contribution in [0.15, 0.2) is 11.4 Å². The van der Waals surface area contributed by atoms with Crippen molar-refractivity contribution < 1.29 is 14.3 Å². The predicted molar refractivity (Wildman–Crippen MR) is 63.5 cm³/mol. The Balaban J connectivity index is 2.49. The Morgan fingerprint density at radius 1 is 1.62 bits per heavy atom. The van der Waals surface area contributed by atoms with Gasteiger partial charge in [-0.25, -0.2) is 0 Å². The van der Waals surface area contributed by atoms with Gasteiger partial charge in [-0.2, -0.15) is 0 Å². The van der Waals surface area contributed by atoms with Crippen molar-refractivity contribution >= 4 is 17.8 Å². The molecule has 1 atom stereocenters. The molecule has 1 aromatic heterocycles. The fourth-order valence-electron chi connectivity index (χ4n) is 1.44. The SMILES string of the molecule is COCCNC(C)c1sccc1COC=O. The second kappa shape index (κ2) is 7.38. The van der Waals surface area contributed by atoms with Crippen molar-refractivity contribution in [3.63, 3.8) is 0 Å². The molecule has 0 amide bonds. The number of ether oxygens (including phenoxy) is 2. The van der Waals surface area contributed by atoms with Crippen LogP contribution in [0.4, 0.5) is 0 Å². The molecule has 0 spiro atoms. The summed E-state index contributed by atoms with van der Waals surface area (Å²) in [6, 6.07) is 2.23. The Kier molecular flexibility index (Phi) is 6.07. The van der Waals surface area contributed by atoms with Crippen molar-refractivity contribution in [3.05, 3.63) is 21.9 Å². The average Bonchev–Trinajstić information content (AvgIpc) is 2.74. The highest BCUT2D eigenvalue weighted by atomic mass is 32.1. The molecule has 16 heavy (non-hydrogen) atoms. The maximum atomic E-state index is 10.1. The normalized spacial score (nSPS) is 12.4. The van der Waals surface area contributed by atoms with E-state index in [1.807, 2.05) is 11.4 Å². The van der Waals surface area contributed by atoms with Gasteiger partial charge in [0.05, 0.1) is 6.61 Å². The van der Waals surface area contributed by atoms with E-state index < -0.39 is 0 Å². The van der Waals surface area contributed by atoms with Crippen LogP contribution in [0.5, 0.6) is 0 Å². The third-order valence-electron chi connectivity index (χ3n) is 2.24. The Bertz CT molecular complexity index is 314. The number of nitrogens with one attached hydrogen (secondary N) is 1. The zero-order chi connectivity index (χ0) is 11.8. The molecule has 5 heteroatoms. The van der Waals surface area contributed by atoms with Crippen molar-refractivity contribution in [1.29, 1.82) is 0 Å². The molecule has 4 nitrogen and oxygen atoms in total. The molecule has 0 saturated heterocycles. The van der Waals surface area contributed by atoms with Crippen LogP contribution in [0.1, 0.15) is 23.4 Å². The van der Waals surface area contributed by atoms with Crippen molar-refractivity contribution in [1.82, 2.24) is 5.32 Å². The van der Waals surface area contributed by atoms with E-state index in [0.29, 0.717) is 19.7 Å². The summed E-state index contributed by atoms with van der Waals surface area (Å²) in [5, 5.41) is 5.35. The molecule has 0 radical (unpaired) electrons. The van der Waals surface area contributed by atoms with E-state index in [1.54, 1.807) is 18.4 Å². The zero-order valence-electron chi connectivity index (χ0n) is 9.56. The summed E-state index contributed by atoms with van der Waals surface area (Å²) >= 11 is 1.67.